The molecular weight excluding hydrogens is 891 g/mol. The summed E-state index contributed by atoms with van der Waals surface area (Å²) in [6.45, 7) is 11.0. The van der Waals surface area contributed by atoms with E-state index in [4.69, 9.17) is 33.4 Å². The quantitative estimate of drug-likeness (QED) is 0.0591. The maximum Gasteiger partial charge on any atom is 0.375 e. The number of cyclic esters (lactones) is 1. The summed E-state index contributed by atoms with van der Waals surface area (Å²) in [5.41, 5.74) is -5.56. The van der Waals surface area contributed by atoms with Crippen molar-refractivity contribution in [3.05, 3.63) is 105 Å². The molecule has 0 radical (unpaired) electrons. The van der Waals surface area contributed by atoms with Gasteiger partial charge in [0.1, 0.15) is 28.6 Å². The lowest BCUT2D eigenvalue weighted by atomic mass is 9.97. The lowest BCUT2D eigenvalue weighted by molar-refractivity contribution is -0.263. The van der Waals surface area contributed by atoms with Crippen molar-refractivity contribution < 1.29 is 66.9 Å². The van der Waals surface area contributed by atoms with Crippen molar-refractivity contribution in [1.29, 1.82) is 0 Å². The van der Waals surface area contributed by atoms with E-state index < -0.39 is 101 Å². The Morgan fingerprint density at radius 2 is 1.46 bits per heavy atom. The Morgan fingerprint density at radius 3 is 2.04 bits per heavy atom. The number of nitrogens with zero attached hydrogens (tertiary/aromatic N) is 5. The van der Waals surface area contributed by atoms with Gasteiger partial charge in [0.2, 0.25) is 5.60 Å². The Hall–Kier alpha value is -7.06. The Morgan fingerprint density at radius 1 is 0.836 bits per heavy atom. The molecule has 9 rings (SSSR count). The fourth-order valence-corrected chi connectivity index (χ4v) is 8.58. The number of ketones is 1. The molecule has 3 atom stereocenters. The number of aryl methyl sites for hydroxylation is 1. The van der Waals surface area contributed by atoms with Gasteiger partial charge in [-0.15, -0.1) is 11.3 Å². The first-order valence-electron chi connectivity index (χ1n) is 21.4. The summed E-state index contributed by atoms with van der Waals surface area (Å²) in [6.07, 6.45) is -0.761. The van der Waals surface area contributed by atoms with Gasteiger partial charge in [-0.2, -0.15) is 5.06 Å². The molecule has 4 aliphatic heterocycles. The Kier molecular flexibility index (Phi) is 10.8. The summed E-state index contributed by atoms with van der Waals surface area (Å²) in [5.74, 6) is -9.59. The smallest absolute Gasteiger partial charge is 0.375 e. The van der Waals surface area contributed by atoms with Crippen LogP contribution in [0.3, 0.4) is 0 Å². The van der Waals surface area contributed by atoms with Crippen molar-refractivity contribution in [3.8, 4) is 11.6 Å². The van der Waals surface area contributed by atoms with Gasteiger partial charge in [0, 0.05) is 41.8 Å². The van der Waals surface area contributed by atoms with E-state index in [1.807, 2.05) is 12.1 Å². The van der Waals surface area contributed by atoms with Gasteiger partial charge >= 0.3 is 29.4 Å². The lowest BCUT2D eigenvalue weighted by Gasteiger charge is -2.35. The largest absolute Gasteiger partial charge is 0.457 e. The molecule has 3 fully saturated rings. The number of oxime groups is 1. The van der Waals surface area contributed by atoms with E-state index in [0.29, 0.717) is 38.9 Å². The van der Waals surface area contributed by atoms with Gasteiger partial charge in [-0.1, -0.05) is 65.8 Å². The van der Waals surface area contributed by atoms with Crippen LogP contribution >= 0.6 is 11.3 Å². The van der Waals surface area contributed by atoms with Crippen LogP contribution in [-0.2, 0) is 53.6 Å². The minimum Gasteiger partial charge on any atom is -0.457 e. The molecule has 348 valence electrons. The fourth-order valence-electron chi connectivity index (χ4n) is 7.98. The van der Waals surface area contributed by atoms with Gasteiger partial charge in [0.25, 0.3) is 23.6 Å². The summed E-state index contributed by atoms with van der Waals surface area (Å²) in [6, 6.07) is 17.6. The zero-order chi connectivity index (χ0) is 47.8. The first-order valence-corrected chi connectivity index (χ1v) is 22.3. The highest BCUT2D eigenvalue weighted by molar-refractivity contribution is 7.09. The second kappa shape index (κ2) is 16.1. The van der Waals surface area contributed by atoms with E-state index in [9.17, 15) is 33.6 Å². The number of hydroxylamine groups is 2. The summed E-state index contributed by atoms with van der Waals surface area (Å²) in [4.78, 5) is 119. The van der Waals surface area contributed by atoms with Crippen molar-refractivity contribution in [2.75, 3.05) is 6.61 Å². The van der Waals surface area contributed by atoms with Crippen molar-refractivity contribution in [3.63, 3.8) is 0 Å². The van der Waals surface area contributed by atoms with E-state index in [1.165, 1.54) is 17.4 Å². The van der Waals surface area contributed by atoms with Gasteiger partial charge in [-0.05, 0) is 48.5 Å². The van der Waals surface area contributed by atoms with Crippen LogP contribution < -0.4 is 9.47 Å². The highest BCUT2D eigenvalue weighted by Crippen LogP contribution is 2.49. The number of carbonyl (C=O) groups is 7. The SMILES string of the molecule is Cc1nc(/C(=N/OC2(C(=O)OC(C)(C)C)CC2)C(=O)C[C@H]2CON(C3(C(=O)OC(C)(C)C)C[C@H](N4C(=O)c5cc6c(nc5C4=O)OC(c4ccccc4)(c4ccccc4)O6)C(=O)O3)C2=O)cs1. The molecule has 2 aromatic carbocycles. The minimum atomic E-state index is -2.66. The molecule has 3 amide bonds. The topological polar surface area (TPSA) is 229 Å². The number of fused-ring (bicyclic) bond motifs is 2. The average molecular weight is 936 g/mol. The number of Topliss-reactive ketones (excluding diaryl/α,β-unsaturated/α-hetero) is 1. The standard InChI is InChI=1S/C47H45N5O14S/c1-25-48-30(24-67-25)35(50-66-45(18-19-45)41(58)64-43(2,3)4)32(53)20-26-23-60-52(37(26)54)46(42(59)65-44(5,6)7)22-31(40(57)63-46)51-38(55)29-21-33-36(49-34(29)39(51)56)62-47(61-33,27-14-10-8-11-15-27)28-16-12-9-13-17-28/h8-17,21,24,26,31H,18-20,22-23H2,1-7H3/b50-35-/t26-,31-,46?/m0/s1. The molecule has 5 aliphatic rings. The fraction of sp³-hybridized carbons (Fsp3) is 0.404. The van der Waals surface area contributed by atoms with Crippen molar-refractivity contribution >= 4 is 58.5 Å². The summed E-state index contributed by atoms with van der Waals surface area (Å²) < 4.78 is 29.7. The molecule has 0 spiro atoms. The van der Waals surface area contributed by atoms with E-state index >= 15 is 0 Å². The normalized spacial score (nSPS) is 22.7. The molecule has 4 aromatic rings. The van der Waals surface area contributed by atoms with Crippen molar-refractivity contribution in [1.82, 2.24) is 19.9 Å². The third-order valence-corrected chi connectivity index (χ3v) is 12.1. The maximum absolute atomic E-state index is 14.3. The molecule has 0 bridgehead atoms. The number of carbonyl (C=O) groups excluding carboxylic acids is 7. The predicted molar refractivity (Wildman–Crippen MR) is 231 cm³/mol. The molecule has 1 aliphatic carbocycles. The zero-order valence-electron chi connectivity index (χ0n) is 37.5. The second-order valence-electron chi connectivity index (χ2n) is 18.7. The molecule has 6 heterocycles. The molecule has 2 aromatic heterocycles. The number of rotatable bonds is 12. The summed E-state index contributed by atoms with van der Waals surface area (Å²) in [5, 5.41) is 6.79. The van der Waals surface area contributed by atoms with E-state index in [0.717, 1.165) is 0 Å². The number of imide groups is 1. The monoisotopic (exact) mass is 935 g/mol. The third kappa shape index (κ3) is 8.06. The van der Waals surface area contributed by atoms with Gasteiger partial charge in [0.15, 0.2) is 17.2 Å². The molecule has 0 N–H and O–H groups in total. The van der Waals surface area contributed by atoms with Gasteiger partial charge in [0.05, 0.1) is 29.5 Å². The Balaban J connectivity index is 0.968. The number of hydrogen-bond acceptors (Lipinski definition) is 18. The molecule has 20 heteroatoms. The molecule has 19 nitrogen and oxygen atoms in total. The molecule has 2 saturated heterocycles. The van der Waals surface area contributed by atoms with Crippen LogP contribution in [0.25, 0.3) is 0 Å². The minimum absolute atomic E-state index is 0.0444. The molecular formula is C47H45N5O14S. The Labute approximate surface area is 387 Å². The zero-order valence-corrected chi connectivity index (χ0v) is 38.3. The van der Waals surface area contributed by atoms with Crippen molar-refractivity contribution in [2.24, 2.45) is 11.1 Å². The predicted octanol–water partition coefficient (Wildman–Crippen LogP) is 5.11. The van der Waals surface area contributed by atoms with E-state index in [2.05, 4.69) is 15.1 Å². The van der Waals surface area contributed by atoms with Gasteiger partial charge in [-0.3, -0.25) is 28.9 Å². The van der Waals surface area contributed by atoms with Crippen LogP contribution in [0.1, 0.15) is 110 Å². The van der Waals surface area contributed by atoms with Crippen LogP contribution in [0.4, 0.5) is 0 Å². The molecule has 1 saturated carbocycles. The van der Waals surface area contributed by atoms with Crippen LogP contribution in [0, 0.1) is 12.8 Å². The van der Waals surface area contributed by atoms with Gasteiger partial charge in [-0.25, -0.2) is 24.4 Å². The molecule has 1 unspecified atom stereocenters. The maximum atomic E-state index is 14.3. The number of amides is 3. The number of thiazole rings is 1. The van der Waals surface area contributed by atoms with E-state index in [1.54, 1.807) is 102 Å². The average Bonchev–Trinajstić information content (AvgIpc) is 3.56. The summed E-state index contributed by atoms with van der Waals surface area (Å²) in [7, 11) is 0. The number of benzene rings is 2. The number of esters is 3. The van der Waals surface area contributed by atoms with Crippen molar-refractivity contribution in [2.45, 2.75) is 109 Å². The molecule has 67 heavy (non-hydrogen) atoms. The number of pyridine rings is 1. The number of aromatic nitrogens is 2. The van der Waals surface area contributed by atoms with Crippen LogP contribution in [0.5, 0.6) is 11.6 Å². The number of hydrogen-bond donors (Lipinski definition) is 0. The lowest BCUT2D eigenvalue weighted by Crippen LogP contribution is -2.57. The van der Waals surface area contributed by atoms with E-state index in [-0.39, 0.29) is 34.3 Å². The Bertz CT molecular complexity index is 2690. The highest BCUT2D eigenvalue weighted by Gasteiger charge is 2.66. The van der Waals surface area contributed by atoms with Gasteiger partial charge < -0.3 is 28.5 Å². The van der Waals surface area contributed by atoms with Crippen LogP contribution in [0.2, 0.25) is 0 Å². The third-order valence-electron chi connectivity index (χ3n) is 11.3. The first-order chi connectivity index (χ1) is 31.6. The van der Waals surface area contributed by atoms with Crippen LogP contribution in [-0.4, -0.2) is 102 Å². The number of ether oxygens (including phenoxy) is 5. The summed E-state index contributed by atoms with van der Waals surface area (Å²) >= 11 is 1.23. The highest BCUT2D eigenvalue weighted by atomic mass is 32.1. The second-order valence-corrected chi connectivity index (χ2v) is 19.7. The van der Waals surface area contributed by atoms with Crippen LogP contribution in [0.15, 0.2) is 77.3 Å². The first kappa shape index (κ1) is 45.1.